The Morgan fingerprint density at radius 1 is 1.15 bits per heavy atom. The molecule has 1 fully saturated rings. The Hall–Kier alpha value is -1.11. The minimum absolute atomic E-state index is 0.247. The average Bonchev–Trinajstić information content (AvgIpc) is 2.35. The number of carbonyl (C=O) groups excluding carboxylic acids is 1. The molecule has 0 heterocycles. The van der Waals surface area contributed by atoms with Crippen molar-refractivity contribution in [1.29, 1.82) is 0 Å². The fraction of sp³-hybridized carbons (Fsp3) is 0.632. The normalized spacial score (nSPS) is 23.4. The van der Waals surface area contributed by atoms with Gasteiger partial charge in [-0.15, -0.1) is 0 Å². The lowest BCUT2D eigenvalue weighted by atomic mass is 9.73. The maximum Gasteiger partial charge on any atom is 0.136 e. The van der Waals surface area contributed by atoms with Crippen LogP contribution in [0.3, 0.4) is 0 Å². The summed E-state index contributed by atoms with van der Waals surface area (Å²) in [5.41, 5.74) is 5.42. The summed E-state index contributed by atoms with van der Waals surface area (Å²) in [5, 5.41) is 0. The molecule has 1 aromatic carbocycles. The zero-order chi connectivity index (χ0) is 14.9. The van der Waals surface area contributed by atoms with Gasteiger partial charge in [0.05, 0.1) is 0 Å². The summed E-state index contributed by atoms with van der Waals surface area (Å²) in [6, 6.07) is 4.49. The van der Waals surface area contributed by atoms with Crippen molar-refractivity contribution in [2.75, 3.05) is 0 Å². The van der Waals surface area contributed by atoms with Gasteiger partial charge in [-0.2, -0.15) is 0 Å². The van der Waals surface area contributed by atoms with Crippen LogP contribution in [-0.4, -0.2) is 5.78 Å². The summed E-state index contributed by atoms with van der Waals surface area (Å²) < 4.78 is 0. The number of benzene rings is 1. The zero-order valence-electron chi connectivity index (χ0n) is 13.6. The number of ketones is 1. The van der Waals surface area contributed by atoms with Crippen molar-refractivity contribution in [3.8, 4) is 0 Å². The van der Waals surface area contributed by atoms with Crippen LogP contribution in [0.1, 0.15) is 55.4 Å². The maximum absolute atomic E-state index is 12.3. The van der Waals surface area contributed by atoms with E-state index in [1.54, 1.807) is 0 Å². The van der Waals surface area contributed by atoms with E-state index in [4.69, 9.17) is 0 Å². The van der Waals surface area contributed by atoms with Crippen molar-refractivity contribution in [3.05, 3.63) is 34.4 Å². The van der Waals surface area contributed by atoms with Gasteiger partial charge >= 0.3 is 0 Å². The summed E-state index contributed by atoms with van der Waals surface area (Å²) in [5.74, 6) is 2.16. The lowest BCUT2D eigenvalue weighted by Crippen LogP contribution is -2.29. The van der Waals surface area contributed by atoms with Crippen molar-refractivity contribution >= 4 is 5.78 Å². The van der Waals surface area contributed by atoms with Gasteiger partial charge in [0.1, 0.15) is 5.78 Å². The van der Waals surface area contributed by atoms with Crippen LogP contribution < -0.4 is 0 Å². The Labute approximate surface area is 123 Å². The Kier molecular flexibility index (Phi) is 4.67. The van der Waals surface area contributed by atoms with E-state index in [1.165, 1.54) is 22.3 Å². The van der Waals surface area contributed by atoms with Gasteiger partial charge in [-0.1, -0.05) is 31.5 Å². The summed E-state index contributed by atoms with van der Waals surface area (Å²) >= 11 is 0. The Morgan fingerprint density at radius 2 is 1.75 bits per heavy atom. The average molecular weight is 272 g/mol. The van der Waals surface area contributed by atoms with Crippen molar-refractivity contribution in [1.82, 2.24) is 0 Å². The highest BCUT2D eigenvalue weighted by Gasteiger charge is 2.30. The molecule has 1 saturated carbocycles. The van der Waals surface area contributed by atoms with Gasteiger partial charge in [0.2, 0.25) is 0 Å². The molecule has 0 aliphatic heterocycles. The highest BCUT2D eigenvalue weighted by Crippen LogP contribution is 2.34. The van der Waals surface area contributed by atoms with E-state index in [0.29, 0.717) is 11.7 Å². The summed E-state index contributed by atoms with van der Waals surface area (Å²) in [7, 11) is 0. The first-order chi connectivity index (χ1) is 9.38. The molecular formula is C19H28O. The first kappa shape index (κ1) is 15.3. The molecule has 1 heteroatoms. The van der Waals surface area contributed by atoms with Gasteiger partial charge in [0.25, 0.3) is 0 Å². The molecule has 1 aromatic rings. The third kappa shape index (κ3) is 3.31. The van der Waals surface area contributed by atoms with Gasteiger partial charge in [0.15, 0.2) is 0 Å². The minimum atomic E-state index is 0.247. The van der Waals surface area contributed by atoms with Gasteiger partial charge in [-0.3, -0.25) is 4.79 Å². The number of carbonyl (C=O) groups is 1. The second-order valence-corrected chi connectivity index (χ2v) is 7.02. The fourth-order valence-electron chi connectivity index (χ4n) is 3.73. The van der Waals surface area contributed by atoms with Crippen LogP contribution in [0.2, 0.25) is 0 Å². The standard InChI is InChI=1S/C19H28O/c1-12(2)16-6-7-19(20)17(10-16)11-18-14(4)8-13(3)9-15(18)5/h8-9,12,16-17H,6-7,10-11H2,1-5H3. The first-order valence-corrected chi connectivity index (χ1v) is 7.98. The molecule has 2 unspecified atom stereocenters. The highest BCUT2D eigenvalue weighted by molar-refractivity contribution is 5.82. The molecule has 0 bridgehead atoms. The SMILES string of the molecule is Cc1cc(C)c(CC2CC(C(C)C)CCC2=O)c(C)c1. The molecule has 0 saturated heterocycles. The molecule has 2 rings (SSSR count). The van der Waals surface area contributed by atoms with Crippen molar-refractivity contribution < 1.29 is 4.79 Å². The molecule has 0 radical (unpaired) electrons. The van der Waals surface area contributed by atoms with E-state index in [0.717, 1.165) is 31.6 Å². The van der Waals surface area contributed by atoms with Crippen LogP contribution in [0.25, 0.3) is 0 Å². The van der Waals surface area contributed by atoms with Gasteiger partial charge in [0, 0.05) is 12.3 Å². The quantitative estimate of drug-likeness (QED) is 0.772. The number of aryl methyl sites for hydroxylation is 3. The topological polar surface area (TPSA) is 17.1 Å². The molecule has 0 N–H and O–H groups in total. The molecular weight excluding hydrogens is 244 g/mol. The molecule has 1 nitrogen and oxygen atoms in total. The third-order valence-electron chi connectivity index (χ3n) is 5.04. The third-order valence-corrected chi connectivity index (χ3v) is 5.04. The Bertz CT molecular complexity index is 475. The van der Waals surface area contributed by atoms with E-state index >= 15 is 0 Å². The molecule has 0 amide bonds. The van der Waals surface area contributed by atoms with Crippen LogP contribution in [0, 0.1) is 38.5 Å². The van der Waals surface area contributed by atoms with Crippen LogP contribution in [-0.2, 0) is 11.2 Å². The Morgan fingerprint density at radius 3 is 2.30 bits per heavy atom. The van der Waals surface area contributed by atoms with Crippen LogP contribution >= 0.6 is 0 Å². The predicted octanol–water partition coefficient (Wildman–Crippen LogP) is 4.80. The summed E-state index contributed by atoms with van der Waals surface area (Å²) in [4.78, 5) is 12.3. The minimum Gasteiger partial charge on any atom is -0.299 e. The highest BCUT2D eigenvalue weighted by atomic mass is 16.1. The van der Waals surface area contributed by atoms with E-state index < -0.39 is 0 Å². The smallest absolute Gasteiger partial charge is 0.136 e. The second-order valence-electron chi connectivity index (χ2n) is 7.02. The van der Waals surface area contributed by atoms with Gasteiger partial charge in [-0.25, -0.2) is 0 Å². The van der Waals surface area contributed by atoms with Crippen molar-refractivity contribution in [2.24, 2.45) is 17.8 Å². The van der Waals surface area contributed by atoms with Gasteiger partial charge in [-0.05, 0) is 68.6 Å². The lowest BCUT2D eigenvalue weighted by molar-refractivity contribution is -0.125. The zero-order valence-corrected chi connectivity index (χ0v) is 13.6. The monoisotopic (exact) mass is 272 g/mol. The van der Waals surface area contributed by atoms with Gasteiger partial charge < -0.3 is 0 Å². The van der Waals surface area contributed by atoms with E-state index in [9.17, 15) is 4.79 Å². The molecule has 2 atom stereocenters. The second kappa shape index (κ2) is 6.11. The first-order valence-electron chi connectivity index (χ1n) is 7.98. The van der Waals surface area contributed by atoms with Crippen LogP contribution in [0.15, 0.2) is 12.1 Å². The van der Waals surface area contributed by atoms with Crippen LogP contribution in [0.5, 0.6) is 0 Å². The number of hydrogen-bond donors (Lipinski definition) is 0. The van der Waals surface area contributed by atoms with E-state index in [-0.39, 0.29) is 5.92 Å². The largest absolute Gasteiger partial charge is 0.299 e. The maximum atomic E-state index is 12.3. The molecule has 20 heavy (non-hydrogen) atoms. The molecule has 0 aromatic heterocycles. The van der Waals surface area contributed by atoms with E-state index in [2.05, 4.69) is 46.8 Å². The molecule has 1 aliphatic carbocycles. The summed E-state index contributed by atoms with van der Waals surface area (Å²) in [6.07, 6.45) is 3.92. The Balaban J connectivity index is 2.18. The molecule has 110 valence electrons. The molecule has 1 aliphatic rings. The fourth-order valence-corrected chi connectivity index (χ4v) is 3.73. The van der Waals surface area contributed by atoms with Crippen molar-refractivity contribution in [3.63, 3.8) is 0 Å². The number of Topliss-reactive ketones (excluding diaryl/α,β-unsaturated/α-hetero) is 1. The van der Waals surface area contributed by atoms with E-state index in [1.807, 2.05) is 0 Å². The van der Waals surface area contributed by atoms with Crippen LogP contribution in [0.4, 0.5) is 0 Å². The predicted molar refractivity (Wildman–Crippen MR) is 85.0 cm³/mol. The number of rotatable bonds is 3. The number of hydrogen-bond acceptors (Lipinski definition) is 1. The molecule has 0 spiro atoms. The van der Waals surface area contributed by atoms with Crippen molar-refractivity contribution in [2.45, 2.75) is 60.3 Å². The lowest BCUT2D eigenvalue weighted by Gasteiger charge is -2.31. The summed E-state index contributed by atoms with van der Waals surface area (Å²) in [6.45, 7) is 11.1.